The number of nitrogens with one attached hydrogen (secondary N) is 1. The number of hydrogen-bond donors (Lipinski definition) is 2. The Morgan fingerprint density at radius 2 is 1.76 bits per heavy atom. The maximum atomic E-state index is 6.14. The minimum absolute atomic E-state index is 0.230. The standard InChI is InChI=1S/C15H34N2/c1-6-8-9-13(7-2)12-17-11-10-14(16)15(3,4)5/h13-14,17H,6-12,16H2,1-5H3. The molecule has 2 atom stereocenters. The summed E-state index contributed by atoms with van der Waals surface area (Å²) in [6.45, 7) is 13.4. The van der Waals surface area contributed by atoms with Crippen molar-refractivity contribution in [3.05, 3.63) is 0 Å². The van der Waals surface area contributed by atoms with Crippen LogP contribution in [-0.2, 0) is 0 Å². The largest absolute Gasteiger partial charge is 0.327 e. The van der Waals surface area contributed by atoms with E-state index in [1.807, 2.05) is 0 Å². The zero-order valence-electron chi connectivity index (χ0n) is 12.7. The van der Waals surface area contributed by atoms with Crippen molar-refractivity contribution >= 4 is 0 Å². The second-order valence-corrected chi connectivity index (χ2v) is 6.38. The molecule has 0 fully saturated rings. The van der Waals surface area contributed by atoms with Gasteiger partial charge in [-0.05, 0) is 37.3 Å². The Kier molecular flexibility index (Phi) is 8.89. The summed E-state index contributed by atoms with van der Waals surface area (Å²) in [4.78, 5) is 0. The molecule has 17 heavy (non-hydrogen) atoms. The molecule has 3 N–H and O–H groups in total. The molecule has 0 aromatic rings. The van der Waals surface area contributed by atoms with E-state index in [4.69, 9.17) is 5.73 Å². The van der Waals surface area contributed by atoms with Gasteiger partial charge in [-0.3, -0.25) is 0 Å². The molecule has 0 bridgehead atoms. The fourth-order valence-electron chi connectivity index (χ4n) is 1.94. The lowest BCUT2D eigenvalue weighted by Crippen LogP contribution is -2.38. The topological polar surface area (TPSA) is 38.0 Å². The molecular formula is C15H34N2. The smallest absolute Gasteiger partial charge is 0.00997 e. The minimum atomic E-state index is 0.230. The Labute approximate surface area is 109 Å². The molecule has 0 radical (unpaired) electrons. The Morgan fingerprint density at radius 3 is 2.24 bits per heavy atom. The predicted molar refractivity (Wildman–Crippen MR) is 78.2 cm³/mol. The zero-order chi connectivity index (χ0) is 13.3. The molecule has 0 spiro atoms. The molecule has 2 heteroatoms. The van der Waals surface area contributed by atoms with Gasteiger partial charge < -0.3 is 11.1 Å². The molecule has 0 aromatic carbocycles. The van der Waals surface area contributed by atoms with Crippen LogP contribution in [0.5, 0.6) is 0 Å². The van der Waals surface area contributed by atoms with Crippen molar-refractivity contribution in [2.45, 2.75) is 72.8 Å². The highest BCUT2D eigenvalue weighted by Gasteiger charge is 2.19. The summed E-state index contributed by atoms with van der Waals surface area (Å²) in [5.74, 6) is 0.848. The first kappa shape index (κ1) is 16.9. The molecule has 0 saturated carbocycles. The van der Waals surface area contributed by atoms with Gasteiger partial charge in [-0.2, -0.15) is 0 Å². The van der Waals surface area contributed by atoms with Crippen molar-refractivity contribution in [3.63, 3.8) is 0 Å². The normalized spacial score (nSPS) is 15.9. The van der Waals surface area contributed by atoms with Crippen LogP contribution in [0.4, 0.5) is 0 Å². The third kappa shape index (κ3) is 8.62. The van der Waals surface area contributed by atoms with E-state index in [0.717, 1.165) is 25.4 Å². The van der Waals surface area contributed by atoms with E-state index >= 15 is 0 Å². The second-order valence-electron chi connectivity index (χ2n) is 6.38. The summed E-state index contributed by atoms with van der Waals surface area (Å²) in [6, 6.07) is 0.297. The lowest BCUT2D eigenvalue weighted by Gasteiger charge is -2.27. The van der Waals surface area contributed by atoms with Crippen LogP contribution >= 0.6 is 0 Å². The van der Waals surface area contributed by atoms with E-state index in [0.29, 0.717) is 6.04 Å². The monoisotopic (exact) mass is 242 g/mol. The summed E-state index contributed by atoms with van der Waals surface area (Å²) >= 11 is 0. The quantitative estimate of drug-likeness (QED) is 0.607. The van der Waals surface area contributed by atoms with Gasteiger partial charge >= 0.3 is 0 Å². The van der Waals surface area contributed by atoms with Gasteiger partial charge in [0.15, 0.2) is 0 Å². The van der Waals surface area contributed by atoms with Gasteiger partial charge in [0.1, 0.15) is 0 Å². The molecule has 2 nitrogen and oxygen atoms in total. The minimum Gasteiger partial charge on any atom is -0.327 e. The lowest BCUT2D eigenvalue weighted by atomic mass is 9.85. The van der Waals surface area contributed by atoms with Gasteiger partial charge in [-0.15, -0.1) is 0 Å². The van der Waals surface area contributed by atoms with Gasteiger partial charge in [0.25, 0.3) is 0 Å². The van der Waals surface area contributed by atoms with E-state index in [1.165, 1.54) is 25.7 Å². The van der Waals surface area contributed by atoms with Crippen molar-refractivity contribution in [2.24, 2.45) is 17.1 Å². The van der Waals surface area contributed by atoms with E-state index in [1.54, 1.807) is 0 Å². The van der Waals surface area contributed by atoms with Gasteiger partial charge in [0.05, 0.1) is 0 Å². The lowest BCUT2D eigenvalue weighted by molar-refractivity contribution is 0.299. The number of rotatable bonds is 9. The molecule has 0 amide bonds. The molecule has 0 heterocycles. The first-order valence-electron chi connectivity index (χ1n) is 7.38. The van der Waals surface area contributed by atoms with Crippen molar-refractivity contribution in [3.8, 4) is 0 Å². The summed E-state index contributed by atoms with van der Waals surface area (Å²) in [5.41, 5.74) is 6.37. The first-order valence-corrected chi connectivity index (χ1v) is 7.38. The highest BCUT2D eigenvalue weighted by Crippen LogP contribution is 2.19. The Bertz CT molecular complexity index is 172. The van der Waals surface area contributed by atoms with Crippen LogP contribution < -0.4 is 11.1 Å². The second kappa shape index (κ2) is 8.93. The third-order valence-corrected chi connectivity index (χ3v) is 3.72. The highest BCUT2D eigenvalue weighted by atomic mass is 14.9. The summed E-state index contributed by atoms with van der Waals surface area (Å²) in [7, 11) is 0. The van der Waals surface area contributed by atoms with Gasteiger partial charge in [-0.1, -0.05) is 53.9 Å². The van der Waals surface area contributed by atoms with E-state index < -0.39 is 0 Å². The highest BCUT2D eigenvalue weighted by molar-refractivity contribution is 4.77. The third-order valence-electron chi connectivity index (χ3n) is 3.72. The Balaban J connectivity index is 3.61. The van der Waals surface area contributed by atoms with E-state index in [2.05, 4.69) is 39.9 Å². The molecule has 104 valence electrons. The SMILES string of the molecule is CCCCC(CC)CNCCC(N)C(C)(C)C. The molecular weight excluding hydrogens is 208 g/mol. The van der Waals surface area contributed by atoms with Crippen LogP contribution in [0.25, 0.3) is 0 Å². The Hall–Kier alpha value is -0.0800. The Morgan fingerprint density at radius 1 is 1.12 bits per heavy atom. The molecule has 0 rings (SSSR count). The zero-order valence-corrected chi connectivity index (χ0v) is 12.7. The molecule has 0 aliphatic carbocycles. The number of hydrogen-bond acceptors (Lipinski definition) is 2. The molecule has 0 saturated heterocycles. The summed E-state index contributed by atoms with van der Waals surface area (Å²) < 4.78 is 0. The van der Waals surface area contributed by atoms with Crippen LogP contribution in [0.1, 0.15) is 66.7 Å². The average molecular weight is 242 g/mol. The number of unbranched alkanes of at least 4 members (excludes halogenated alkanes) is 1. The van der Waals surface area contributed by atoms with Gasteiger partial charge in [0, 0.05) is 6.04 Å². The van der Waals surface area contributed by atoms with E-state index in [9.17, 15) is 0 Å². The number of nitrogens with two attached hydrogens (primary N) is 1. The summed E-state index contributed by atoms with van der Waals surface area (Å²) in [6.07, 6.45) is 6.41. The molecule has 0 aliphatic rings. The summed E-state index contributed by atoms with van der Waals surface area (Å²) in [5, 5.41) is 3.57. The van der Waals surface area contributed by atoms with Crippen LogP contribution in [0.3, 0.4) is 0 Å². The van der Waals surface area contributed by atoms with Crippen molar-refractivity contribution < 1.29 is 0 Å². The maximum absolute atomic E-state index is 6.14. The van der Waals surface area contributed by atoms with Crippen molar-refractivity contribution in [2.75, 3.05) is 13.1 Å². The fourth-order valence-corrected chi connectivity index (χ4v) is 1.94. The van der Waals surface area contributed by atoms with E-state index in [-0.39, 0.29) is 5.41 Å². The first-order chi connectivity index (χ1) is 7.91. The van der Waals surface area contributed by atoms with Crippen LogP contribution in [0.2, 0.25) is 0 Å². The van der Waals surface area contributed by atoms with Crippen molar-refractivity contribution in [1.82, 2.24) is 5.32 Å². The van der Waals surface area contributed by atoms with Crippen LogP contribution in [0.15, 0.2) is 0 Å². The maximum Gasteiger partial charge on any atom is 0.00997 e. The van der Waals surface area contributed by atoms with Crippen LogP contribution in [0, 0.1) is 11.3 Å². The molecule has 2 unspecified atom stereocenters. The average Bonchev–Trinajstić information content (AvgIpc) is 2.26. The molecule has 0 aliphatic heterocycles. The van der Waals surface area contributed by atoms with Crippen LogP contribution in [-0.4, -0.2) is 19.1 Å². The van der Waals surface area contributed by atoms with Gasteiger partial charge in [-0.25, -0.2) is 0 Å². The fraction of sp³-hybridized carbons (Fsp3) is 1.00. The van der Waals surface area contributed by atoms with Gasteiger partial charge in [0.2, 0.25) is 0 Å². The van der Waals surface area contributed by atoms with Crippen molar-refractivity contribution in [1.29, 1.82) is 0 Å². The molecule has 0 aromatic heterocycles. The predicted octanol–water partition coefficient (Wildman–Crippen LogP) is 3.56.